The minimum absolute atomic E-state index is 0.254. The third-order valence-corrected chi connectivity index (χ3v) is 9.27. The SMILES string of the molecule is CCCCCCCCOc1ccc(OC(=O)c2ccc(N=Nc3ccc4c(c3)C=CC3(O4)N(C)c4ccccc4C3(C)C)cc2)cc1. The molecule has 0 fully saturated rings. The van der Waals surface area contributed by atoms with Crippen molar-refractivity contribution in [3.05, 3.63) is 114 Å². The third kappa shape index (κ3) is 6.66. The van der Waals surface area contributed by atoms with Crippen molar-refractivity contribution in [3.63, 3.8) is 0 Å². The monoisotopic (exact) mass is 629 g/mol. The van der Waals surface area contributed by atoms with Crippen LogP contribution in [-0.2, 0) is 5.41 Å². The first-order valence-electron chi connectivity index (χ1n) is 16.6. The Bertz CT molecular complexity index is 1760. The molecule has 0 saturated carbocycles. The van der Waals surface area contributed by atoms with E-state index in [0.717, 1.165) is 23.5 Å². The van der Waals surface area contributed by atoms with E-state index in [2.05, 4.69) is 79.4 Å². The van der Waals surface area contributed by atoms with E-state index in [1.807, 2.05) is 30.3 Å². The number of ether oxygens (including phenoxy) is 3. The summed E-state index contributed by atoms with van der Waals surface area (Å²) in [6, 6.07) is 28.3. The van der Waals surface area contributed by atoms with Crippen molar-refractivity contribution < 1.29 is 19.0 Å². The molecule has 0 amide bonds. The number of fused-ring (bicyclic) bond motifs is 2. The van der Waals surface area contributed by atoms with Gasteiger partial charge in [0, 0.05) is 18.3 Å². The number of azo groups is 1. The van der Waals surface area contributed by atoms with Crippen LogP contribution >= 0.6 is 0 Å². The van der Waals surface area contributed by atoms with Crippen molar-refractivity contribution in [1.29, 1.82) is 0 Å². The quantitative estimate of drug-likeness (QED) is 0.0675. The standard InChI is InChI=1S/C40H43N3O4/c1-5-6-7-8-9-12-27-45-33-20-22-34(23-21-33)46-38(44)29-15-17-31(18-16-29)41-42-32-19-24-37-30(28-32)25-26-40(47-37)39(2,3)35-13-10-11-14-36(35)43(40)4/h10-11,13-26,28H,5-9,12,27H2,1-4H3. The second-order valence-corrected chi connectivity index (χ2v) is 12.8. The lowest BCUT2D eigenvalue weighted by molar-refractivity contribution is 0.0582. The van der Waals surface area contributed by atoms with Crippen LogP contribution in [-0.4, -0.2) is 25.3 Å². The van der Waals surface area contributed by atoms with Gasteiger partial charge in [-0.25, -0.2) is 4.79 Å². The van der Waals surface area contributed by atoms with Gasteiger partial charge in [0.25, 0.3) is 0 Å². The molecule has 0 bridgehead atoms. The Kier molecular flexibility index (Phi) is 9.43. The van der Waals surface area contributed by atoms with Crippen LogP contribution in [0.2, 0.25) is 0 Å². The lowest BCUT2D eigenvalue weighted by Crippen LogP contribution is -2.58. The van der Waals surface area contributed by atoms with Crippen molar-refractivity contribution in [1.82, 2.24) is 0 Å². The molecule has 7 nitrogen and oxygen atoms in total. The van der Waals surface area contributed by atoms with Crippen molar-refractivity contribution in [2.45, 2.75) is 70.4 Å². The normalized spacial score (nSPS) is 17.4. The van der Waals surface area contributed by atoms with Crippen LogP contribution in [0.25, 0.3) is 6.08 Å². The van der Waals surface area contributed by atoms with E-state index in [9.17, 15) is 4.79 Å². The summed E-state index contributed by atoms with van der Waals surface area (Å²) in [4.78, 5) is 15.0. The number of esters is 1. The summed E-state index contributed by atoms with van der Waals surface area (Å²) < 4.78 is 18.1. The van der Waals surface area contributed by atoms with Gasteiger partial charge in [0.1, 0.15) is 17.2 Å². The smallest absolute Gasteiger partial charge is 0.343 e. The molecular formula is C40H43N3O4. The van der Waals surface area contributed by atoms with Crippen molar-refractivity contribution >= 4 is 29.1 Å². The van der Waals surface area contributed by atoms with Gasteiger partial charge < -0.3 is 19.1 Å². The molecular weight excluding hydrogens is 586 g/mol. The van der Waals surface area contributed by atoms with Crippen LogP contribution in [0.5, 0.6) is 17.2 Å². The molecule has 47 heavy (non-hydrogen) atoms. The van der Waals surface area contributed by atoms with Gasteiger partial charge in [-0.2, -0.15) is 10.2 Å². The van der Waals surface area contributed by atoms with Gasteiger partial charge in [-0.05, 0) is 111 Å². The van der Waals surface area contributed by atoms with Crippen LogP contribution in [0.4, 0.5) is 17.1 Å². The maximum absolute atomic E-state index is 12.7. The number of nitrogens with zero attached hydrogens (tertiary/aromatic N) is 3. The summed E-state index contributed by atoms with van der Waals surface area (Å²) in [5.41, 5.74) is 4.27. The summed E-state index contributed by atoms with van der Waals surface area (Å²) in [6.45, 7) is 7.37. The molecule has 0 aromatic heterocycles. The molecule has 0 N–H and O–H groups in total. The topological polar surface area (TPSA) is 72.7 Å². The molecule has 1 spiro atoms. The fourth-order valence-electron chi connectivity index (χ4n) is 6.45. The Morgan fingerprint density at radius 3 is 2.26 bits per heavy atom. The van der Waals surface area contributed by atoms with E-state index in [4.69, 9.17) is 14.2 Å². The van der Waals surface area contributed by atoms with Crippen LogP contribution in [0.3, 0.4) is 0 Å². The average Bonchev–Trinajstić information content (AvgIpc) is 3.25. The van der Waals surface area contributed by atoms with Crippen molar-refractivity contribution in [3.8, 4) is 17.2 Å². The number of hydrogen-bond donors (Lipinski definition) is 0. The van der Waals surface area contributed by atoms with Crippen LogP contribution in [0, 0.1) is 0 Å². The van der Waals surface area contributed by atoms with Gasteiger partial charge in [0.2, 0.25) is 5.72 Å². The number of likely N-dealkylation sites (N-methyl/N-ethyl adjacent to an activating group) is 1. The Balaban J connectivity index is 1.02. The molecule has 1 unspecified atom stereocenters. The van der Waals surface area contributed by atoms with Gasteiger partial charge in [-0.3, -0.25) is 0 Å². The summed E-state index contributed by atoms with van der Waals surface area (Å²) in [6.07, 6.45) is 11.6. The number of hydrogen-bond acceptors (Lipinski definition) is 7. The summed E-state index contributed by atoms with van der Waals surface area (Å²) in [5, 5.41) is 8.83. The second kappa shape index (κ2) is 13.8. The largest absolute Gasteiger partial charge is 0.494 e. The number of carbonyl (C=O) groups is 1. The van der Waals surface area contributed by atoms with Gasteiger partial charge in [0.05, 0.1) is 29.0 Å². The van der Waals surface area contributed by atoms with Crippen molar-refractivity contribution in [2.24, 2.45) is 10.2 Å². The van der Waals surface area contributed by atoms with Crippen molar-refractivity contribution in [2.75, 3.05) is 18.6 Å². The molecule has 0 saturated heterocycles. The number of para-hydroxylation sites is 1. The first-order chi connectivity index (χ1) is 22.8. The second-order valence-electron chi connectivity index (χ2n) is 12.8. The highest BCUT2D eigenvalue weighted by Gasteiger charge is 2.57. The number of unbranched alkanes of at least 4 members (excludes halogenated alkanes) is 5. The summed E-state index contributed by atoms with van der Waals surface area (Å²) >= 11 is 0. The Hall–Kier alpha value is -4.91. The van der Waals surface area contributed by atoms with Crippen LogP contribution < -0.4 is 19.1 Å². The third-order valence-electron chi connectivity index (χ3n) is 9.27. The number of benzene rings is 4. The Morgan fingerprint density at radius 2 is 1.49 bits per heavy atom. The zero-order valence-electron chi connectivity index (χ0n) is 27.7. The highest BCUT2D eigenvalue weighted by molar-refractivity contribution is 5.91. The number of anilines is 1. The van der Waals surface area contributed by atoms with Gasteiger partial charge >= 0.3 is 5.97 Å². The minimum atomic E-state index is -0.625. The molecule has 2 aliphatic rings. The van der Waals surface area contributed by atoms with E-state index in [-0.39, 0.29) is 5.41 Å². The first kappa shape index (κ1) is 32.0. The predicted molar refractivity (Wildman–Crippen MR) is 188 cm³/mol. The van der Waals surface area contributed by atoms with E-state index < -0.39 is 11.7 Å². The number of rotatable bonds is 12. The average molecular weight is 630 g/mol. The fraction of sp³-hybridized carbons (Fsp3) is 0.325. The first-order valence-corrected chi connectivity index (χ1v) is 16.6. The van der Waals surface area contributed by atoms with E-state index in [0.29, 0.717) is 29.3 Å². The molecule has 2 aliphatic heterocycles. The molecule has 4 aromatic rings. The van der Waals surface area contributed by atoms with E-state index in [1.165, 1.54) is 43.4 Å². The molecule has 0 aliphatic carbocycles. The predicted octanol–water partition coefficient (Wildman–Crippen LogP) is 10.6. The molecule has 6 rings (SSSR count). The van der Waals surface area contributed by atoms with Gasteiger partial charge in [-0.15, -0.1) is 0 Å². The molecule has 2 heterocycles. The van der Waals surface area contributed by atoms with E-state index >= 15 is 0 Å². The zero-order chi connectivity index (χ0) is 32.9. The molecule has 0 radical (unpaired) electrons. The molecule has 7 heteroatoms. The van der Waals surface area contributed by atoms with Gasteiger partial charge in [-0.1, -0.05) is 57.2 Å². The highest BCUT2D eigenvalue weighted by atomic mass is 16.5. The molecule has 1 atom stereocenters. The Labute approximate surface area is 277 Å². The summed E-state index contributed by atoms with van der Waals surface area (Å²) in [7, 11) is 2.08. The van der Waals surface area contributed by atoms with E-state index in [1.54, 1.807) is 36.4 Å². The molecule has 242 valence electrons. The maximum atomic E-state index is 12.7. The highest BCUT2D eigenvalue weighted by Crippen LogP contribution is 2.54. The zero-order valence-corrected chi connectivity index (χ0v) is 27.7. The number of carbonyl (C=O) groups excluding carboxylic acids is 1. The summed E-state index contributed by atoms with van der Waals surface area (Å²) in [5.74, 6) is 1.61. The Morgan fingerprint density at radius 1 is 0.809 bits per heavy atom. The minimum Gasteiger partial charge on any atom is -0.494 e. The maximum Gasteiger partial charge on any atom is 0.343 e. The van der Waals surface area contributed by atoms with Crippen LogP contribution in [0.15, 0.2) is 107 Å². The lowest BCUT2D eigenvalue weighted by atomic mass is 9.76. The lowest BCUT2D eigenvalue weighted by Gasteiger charge is -2.45. The fourth-order valence-corrected chi connectivity index (χ4v) is 6.45. The molecule has 4 aromatic carbocycles. The van der Waals surface area contributed by atoms with Crippen LogP contribution in [0.1, 0.15) is 80.8 Å². The van der Waals surface area contributed by atoms with Gasteiger partial charge in [0.15, 0.2) is 0 Å².